The Bertz CT molecular complexity index is 521. The first kappa shape index (κ1) is 17.2. The zero-order valence-corrected chi connectivity index (χ0v) is 13.0. The number of anilines is 1. The van der Waals surface area contributed by atoms with Crippen molar-refractivity contribution in [3.63, 3.8) is 0 Å². The Labute approximate surface area is 135 Å². The zero-order chi connectivity index (χ0) is 15.0. The molecule has 2 unspecified atom stereocenters. The van der Waals surface area contributed by atoms with Crippen molar-refractivity contribution in [1.29, 1.82) is 0 Å². The third-order valence-electron chi connectivity index (χ3n) is 4.91. The minimum absolute atomic E-state index is 0. The Hall–Kier alpha value is -1.20. The summed E-state index contributed by atoms with van der Waals surface area (Å²) in [6, 6.07) is 3.27. The molecule has 1 aromatic rings. The fourth-order valence-electron chi connectivity index (χ4n) is 3.87. The number of nitrogens with one attached hydrogen (secondary N) is 1. The monoisotopic (exact) mass is 330 g/mol. The van der Waals surface area contributed by atoms with E-state index in [1.807, 2.05) is 0 Å². The molecule has 0 aromatic heterocycles. The molecule has 3 rings (SSSR count). The normalized spacial score (nSPS) is 30.3. The number of nitrogens with two attached hydrogens (primary N) is 1. The van der Waals surface area contributed by atoms with Crippen LogP contribution in [0, 0.1) is 29.4 Å². The van der Waals surface area contributed by atoms with Gasteiger partial charge in [-0.2, -0.15) is 0 Å². The van der Waals surface area contributed by atoms with Gasteiger partial charge in [-0.05, 0) is 49.7 Å². The molecule has 0 saturated heterocycles. The predicted octanol–water partition coefficient (Wildman–Crippen LogP) is 3.48. The molecule has 2 aliphatic carbocycles. The summed E-state index contributed by atoms with van der Waals surface area (Å²) < 4.78 is 26.3. The number of halogens is 3. The van der Waals surface area contributed by atoms with Crippen molar-refractivity contribution >= 4 is 24.0 Å². The summed E-state index contributed by atoms with van der Waals surface area (Å²) in [6.07, 6.45) is 4.90. The second kappa shape index (κ2) is 6.92. The maximum Gasteiger partial charge on any atom is 0.227 e. The predicted molar refractivity (Wildman–Crippen MR) is 83.8 cm³/mol. The van der Waals surface area contributed by atoms with Crippen LogP contribution in [0.1, 0.15) is 32.1 Å². The number of benzene rings is 1. The Morgan fingerprint density at radius 2 is 1.64 bits per heavy atom. The molecule has 22 heavy (non-hydrogen) atoms. The molecule has 2 saturated carbocycles. The van der Waals surface area contributed by atoms with Gasteiger partial charge in [-0.3, -0.25) is 4.79 Å². The molecule has 2 aliphatic rings. The van der Waals surface area contributed by atoms with E-state index >= 15 is 0 Å². The van der Waals surface area contributed by atoms with E-state index in [2.05, 4.69) is 5.32 Å². The molecule has 0 aliphatic heterocycles. The first-order valence-electron chi connectivity index (χ1n) is 7.55. The highest BCUT2D eigenvalue weighted by Crippen LogP contribution is 2.42. The number of hydrogen-bond donors (Lipinski definition) is 2. The molecule has 122 valence electrons. The average molecular weight is 331 g/mol. The van der Waals surface area contributed by atoms with Crippen LogP contribution in [0.25, 0.3) is 0 Å². The molecule has 2 bridgehead atoms. The summed E-state index contributed by atoms with van der Waals surface area (Å²) in [5.74, 6) is -0.828. The summed E-state index contributed by atoms with van der Waals surface area (Å²) in [5, 5.41) is 2.64. The van der Waals surface area contributed by atoms with Crippen LogP contribution in [0.2, 0.25) is 0 Å². The van der Waals surface area contributed by atoms with Crippen LogP contribution in [0.3, 0.4) is 0 Å². The Morgan fingerprint density at radius 1 is 1.09 bits per heavy atom. The number of rotatable bonds is 2. The molecule has 1 amide bonds. The van der Waals surface area contributed by atoms with Crippen molar-refractivity contribution in [1.82, 2.24) is 0 Å². The minimum Gasteiger partial charge on any atom is -0.327 e. The van der Waals surface area contributed by atoms with E-state index < -0.39 is 11.6 Å². The smallest absolute Gasteiger partial charge is 0.227 e. The highest BCUT2D eigenvalue weighted by Gasteiger charge is 2.40. The van der Waals surface area contributed by atoms with Crippen LogP contribution < -0.4 is 11.1 Å². The van der Waals surface area contributed by atoms with E-state index in [1.165, 1.54) is 6.42 Å². The number of carbonyl (C=O) groups is 1. The van der Waals surface area contributed by atoms with E-state index in [9.17, 15) is 13.6 Å². The van der Waals surface area contributed by atoms with E-state index in [0.717, 1.165) is 43.9 Å². The molecule has 3 nitrogen and oxygen atoms in total. The molecular weight excluding hydrogens is 310 g/mol. The number of carbonyl (C=O) groups excluding carboxylic acids is 1. The van der Waals surface area contributed by atoms with E-state index in [4.69, 9.17) is 5.73 Å². The first-order valence-corrected chi connectivity index (χ1v) is 7.55. The van der Waals surface area contributed by atoms with Gasteiger partial charge >= 0.3 is 0 Å². The van der Waals surface area contributed by atoms with Gasteiger partial charge in [-0.1, -0.05) is 6.42 Å². The van der Waals surface area contributed by atoms with Gasteiger partial charge in [-0.15, -0.1) is 12.4 Å². The van der Waals surface area contributed by atoms with Crippen molar-refractivity contribution in [2.75, 3.05) is 5.32 Å². The molecule has 2 atom stereocenters. The van der Waals surface area contributed by atoms with Gasteiger partial charge in [0.05, 0.1) is 0 Å². The van der Waals surface area contributed by atoms with Crippen molar-refractivity contribution in [2.24, 2.45) is 23.5 Å². The summed E-state index contributed by atoms with van der Waals surface area (Å²) in [5.41, 5.74) is 6.39. The lowest BCUT2D eigenvalue weighted by Crippen LogP contribution is -2.48. The Morgan fingerprint density at radius 3 is 2.18 bits per heavy atom. The second-order valence-electron chi connectivity index (χ2n) is 6.34. The molecule has 1 aromatic carbocycles. The number of hydrogen-bond acceptors (Lipinski definition) is 2. The topological polar surface area (TPSA) is 55.1 Å². The first-order chi connectivity index (χ1) is 10.0. The SMILES string of the molecule is Cl.NC1C2CCCC1CC(C(=O)Nc1cc(F)cc(F)c1)C2. The van der Waals surface area contributed by atoms with Crippen LogP contribution in [0.5, 0.6) is 0 Å². The Kier molecular flexibility index (Phi) is 5.40. The van der Waals surface area contributed by atoms with Crippen molar-refractivity contribution in [2.45, 2.75) is 38.1 Å². The van der Waals surface area contributed by atoms with Gasteiger partial charge in [0.15, 0.2) is 0 Å². The molecule has 2 fully saturated rings. The molecular formula is C16H21ClF2N2O. The van der Waals surface area contributed by atoms with Crippen LogP contribution >= 0.6 is 12.4 Å². The molecule has 0 heterocycles. The minimum atomic E-state index is -0.687. The largest absolute Gasteiger partial charge is 0.327 e. The quantitative estimate of drug-likeness (QED) is 0.872. The summed E-state index contributed by atoms with van der Waals surface area (Å²) in [7, 11) is 0. The van der Waals surface area contributed by atoms with Gasteiger partial charge in [0.2, 0.25) is 5.91 Å². The van der Waals surface area contributed by atoms with Gasteiger partial charge in [0.25, 0.3) is 0 Å². The van der Waals surface area contributed by atoms with Gasteiger partial charge in [0, 0.05) is 23.7 Å². The number of fused-ring (bicyclic) bond motifs is 2. The molecule has 6 heteroatoms. The standard InChI is InChI=1S/C16H20F2N2O.ClH/c17-12-6-13(18)8-14(7-12)20-16(21)11-4-9-2-1-3-10(5-11)15(9)19;/h6-11,15H,1-5,19H2,(H,20,21);1H. The van der Waals surface area contributed by atoms with Crippen molar-refractivity contribution < 1.29 is 13.6 Å². The van der Waals surface area contributed by atoms with Crippen LogP contribution in [0.4, 0.5) is 14.5 Å². The molecule has 0 radical (unpaired) electrons. The van der Waals surface area contributed by atoms with Crippen LogP contribution in [0.15, 0.2) is 18.2 Å². The second-order valence-corrected chi connectivity index (χ2v) is 6.34. The average Bonchev–Trinajstić information content (AvgIpc) is 2.36. The third-order valence-corrected chi connectivity index (χ3v) is 4.91. The summed E-state index contributed by atoms with van der Waals surface area (Å²) in [4.78, 5) is 12.3. The molecule has 0 spiro atoms. The van der Waals surface area contributed by atoms with E-state index in [-0.39, 0.29) is 36.0 Å². The third kappa shape index (κ3) is 3.58. The fourth-order valence-corrected chi connectivity index (χ4v) is 3.87. The lowest BCUT2D eigenvalue weighted by Gasteiger charge is -2.43. The maximum atomic E-state index is 13.2. The summed E-state index contributed by atoms with van der Waals surface area (Å²) in [6.45, 7) is 0. The fraction of sp³-hybridized carbons (Fsp3) is 0.562. The number of amides is 1. The molecule has 3 N–H and O–H groups in total. The Balaban J connectivity index is 0.00000176. The highest BCUT2D eigenvalue weighted by atomic mass is 35.5. The highest BCUT2D eigenvalue weighted by molar-refractivity contribution is 5.92. The van der Waals surface area contributed by atoms with Gasteiger partial charge in [-0.25, -0.2) is 8.78 Å². The summed E-state index contributed by atoms with van der Waals surface area (Å²) >= 11 is 0. The van der Waals surface area contributed by atoms with E-state index in [1.54, 1.807) is 0 Å². The van der Waals surface area contributed by atoms with Crippen LogP contribution in [-0.4, -0.2) is 11.9 Å². The van der Waals surface area contributed by atoms with Gasteiger partial charge in [0.1, 0.15) is 11.6 Å². The zero-order valence-electron chi connectivity index (χ0n) is 12.2. The lowest BCUT2D eigenvalue weighted by molar-refractivity contribution is -0.122. The van der Waals surface area contributed by atoms with Gasteiger partial charge < -0.3 is 11.1 Å². The van der Waals surface area contributed by atoms with E-state index in [0.29, 0.717) is 11.8 Å². The lowest BCUT2D eigenvalue weighted by atomic mass is 9.65. The maximum absolute atomic E-state index is 13.2. The van der Waals surface area contributed by atoms with Crippen LogP contribution in [-0.2, 0) is 4.79 Å². The van der Waals surface area contributed by atoms with Crippen molar-refractivity contribution in [3.8, 4) is 0 Å². The van der Waals surface area contributed by atoms with Crippen molar-refractivity contribution in [3.05, 3.63) is 29.8 Å².